The fourth-order valence-electron chi connectivity index (χ4n) is 1.97. The molecule has 0 aliphatic heterocycles. The summed E-state index contributed by atoms with van der Waals surface area (Å²) in [6.07, 6.45) is -0.00516. The predicted molar refractivity (Wildman–Crippen MR) is 72.9 cm³/mol. The second-order valence-corrected chi connectivity index (χ2v) is 4.43. The van der Waals surface area contributed by atoms with E-state index in [1.807, 2.05) is 24.3 Å². The van der Waals surface area contributed by atoms with Gasteiger partial charge in [-0.05, 0) is 43.2 Å². The van der Waals surface area contributed by atoms with Crippen LogP contribution < -0.4 is 4.74 Å². The van der Waals surface area contributed by atoms with E-state index in [9.17, 15) is 9.50 Å². The Balaban J connectivity index is 2.35. The SMILES string of the molecule is CCc1cccc(Oc2cccc(F)c2[C@@H](C)O)c1. The molecule has 3 heteroatoms. The summed E-state index contributed by atoms with van der Waals surface area (Å²) >= 11 is 0. The number of hydrogen-bond acceptors (Lipinski definition) is 2. The lowest BCUT2D eigenvalue weighted by atomic mass is 10.1. The van der Waals surface area contributed by atoms with Gasteiger partial charge in [0.05, 0.1) is 11.7 Å². The van der Waals surface area contributed by atoms with E-state index in [4.69, 9.17) is 4.74 Å². The third-order valence-electron chi connectivity index (χ3n) is 2.97. The van der Waals surface area contributed by atoms with Gasteiger partial charge in [0.15, 0.2) is 0 Å². The number of aliphatic hydroxyl groups is 1. The number of benzene rings is 2. The van der Waals surface area contributed by atoms with Gasteiger partial charge in [-0.2, -0.15) is 0 Å². The van der Waals surface area contributed by atoms with Gasteiger partial charge in [0.2, 0.25) is 0 Å². The maximum absolute atomic E-state index is 13.7. The first kappa shape index (κ1) is 13.6. The van der Waals surface area contributed by atoms with Crippen molar-refractivity contribution in [2.75, 3.05) is 0 Å². The van der Waals surface area contributed by atoms with Crippen molar-refractivity contribution in [3.8, 4) is 11.5 Å². The minimum Gasteiger partial charge on any atom is -0.457 e. The maximum Gasteiger partial charge on any atom is 0.136 e. The lowest BCUT2D eigenvalue weighted by Gasteiger charge is -2.14. The Morgan fingerprint density at radius 1 is 1.21 bits per heavy atom. The summed E-state index contributed by atoms with van der Waals surface area (Å²) in [7, 11) is 0. The Labute approximate surface area is 112 Å². The molecule has 0 amide bonds. The second kappa shape index (κ2) is 5.85. The highest BCUT2D eigenvalue weighted by Gasteiger charge is 2.15. The van der Waals surface area contributed by atoms with Crippen molar-refractivity contribution in [3.05, 3.63) is 59.4 Å². The largest absolute Gasteiger partial charge is 0.457 e. The Morgan fingerprint density at radius 3 is 2.63 bits per heavy atom. The Hall–Kier alpha value is -1.87. The topological polar surface area (TPSA) is 29.5 Å². The lowest BCUT2D eigenvalue weighted by Crippen LogP contribution is -2.00. The summed E-state index contributed by atoms with van der Waals surface area (Å²) in [4.78, 5) is 0. The second-order valence-electron chi connectivity index (χ2n) is 4.43. The quantitative estimate of drug-likeness (QED) is 0.891. The minimum atomic E-state index is -0.912. The van der Waals surface area contributed by atoms with E-state index in [1.165, 1.54) is 13.0 Å². The first-order valence-corrected chi connectivity index (χ1v) is 6.35. The van der Waals surface area contributed by atoms with Gasteiger partial charge in [-0.1, -0.05) is 25.1 Å². The van der Waals surface area contributed by atoms with Crippen molar-refractivity contribution >= 4 is 0 Å². The minimum absolute atomic E-state index is 0.185. The molecule has 2 rings (SSSR count). The molecule has 0 saturated carbocycles. The van der Waals surface area contributed by atoms with Crippen LogP contribution in [0, 0.1) is 5.82 Å². The molecule has 0 aromatic heterocycles. The smallest absolute Gasteiger partial charge is 0.136 e. The number of halogens is 1. The Kier molecular flexibility index (Phi) is 4.17. The molecule has 2 aromatic carbocycles. The highest BCUT2D eigenvalue weighted by molar-refractivity contribution is 5.40. The monoisotopic (exact) mass is 260 g/mol. The molecule has 0 saturated heterocycles. The summed E-state index contributed by atoms with van der Waals surface area (Å²) in [6.45, 7) is 3.58. The average Bonchev–Trinajstić information content (AvgIpc) is 2.38. The van der Waals surface area contributed by atoms with Crippen LogP contribution in [0.15, 0.2) is 42.5 Å². The van der Waals surface area contributed by atoms with Crippen LogP contribution in [0.3, 0.4) is 0 Å². The number of aliphatic hydroxyl groups excluding tert-OH is 1. The highest BCUT2D eigenvalue weighted by atomic mass is 19.1. The van der Waals surface area contributed by atoms with Crippen molar-refractivity contribution in [1.82, 2.24) is 0 Å². The zero-order chi connectivity index (χ0) is 13.8. The molecule has 1 atom stereocenters. The summed E-state index contributed by atoms with van der Waals surface area (Å²) in [6, 6.07) is 12.2. The normalized spacial score (nSPS) is 12.2. The lowest BCUT2D eigenvalue weighted by molar-refractivity contribution is 0.190. The van der Waals surface area contributed by atoms with Crippen LogP contribution in [0.5, 0.6) is 11.5 Å². The van der Waals surface area contributed by atoms with Crippen LogP contribution in [0.1, 0.15) is 31.1 Å². The summed E-state index contributed by atoms with van der Waals surface area (Å²) in [5, 5.41) is 9.64. The van der Waals surface area contributed by atoms with Gasteiger partial charge in [0, 0.05) is 0 Å². The van der Waals surface area contributed by atoms with E-state index in [0.717, 1.165) is 12.0 Å². The van der Waals surface area contributed by atoms with Gasteiger partial charge in [-0.3, -0.25) is 0 Å². The number of rotatable bonds is 4. The summed E-state index contributed by atoms with van der Waals surface area (Å²) < 4.78 is 19.4. The van der Waals surface area contributed by atoms with E-state index in [0.29, 0.717) is 11.5 Å². The van der Waals surface area contributed by atoms with Gasteiger partial charge < -0.3 is 9.84 Å². The molecule has 0 aliphatic carbocycles. The molecule has 0 radical (unpaired) electrons. The van der Waals surface area contributed by atoms with Crippen LogP contribution in [0.2, 0.25) is 0 Å². The summed E-state index contributed by atoms with van der Waals surface area (Å²) in [5.74, 6) is 0.536. The molecule has 1 N–H and O–H groups in total. The third-order valence-corrected chi connectivity index (χ3v) is 2.97. The fourth-order valence-corrected chi connectivity index (χ4v) is 1.97. The van der Waals surface area contributed by atoms with Crippen LogP contribution >= 0.6 is 0 Å². The van der Waals surface area contributed by atoms with Crippen molar-refractivity contribution in [3.63, 3.8) is 0 Å². The number of aryl methyl sites for hydroxylation is 1. The molecule has 2 nitrogen and oxygen atoms in total. The van der Waals surface area contributed by atoms with E-state index in [2.05, 4.69) is 6.92 Å². The first-order valence-electron chi connectivity index (χ1n) is 6.35. The van der Waals surface area contributed by atoms with Gasteiger partial charge >= 0.3 is 0 Å². The Bertz CT molecular complexity index is 564. The van der Waals surface area contributed by atoms with E-state index < -0.39 is 11.9 Å². The van der Waals surface area contributed by atoms with Gasteiger partial charge in [0.1, 0.15) is 17.3 Å². The zero-order valence-electron chi connectivity index (χ0n) is 11.1. The van der Waals surface area contributed by atoms with Crippen LogP contribution in [-0.2, 0) is 6.42 Å². The van der Waals surface area contributed by atoms with Crippen LogP contribution in [0.4, 0.5) is 4.39 Å². The van der Waals surface area contributed by atoms with Crippen LogP contribution in [0.25, 0.3) is 0 Å². The molecule has 0 bridgehead atoms. The van der Waals surface area contributed by atoms with Crippen molar-refractivity contribution < 1.29 is 14.2 Å². The van der Waals surface area contributed by atoms with E-state index in [1.54, 1.807) is 12.1 Å². The van der Waals surface area contributed by atoms with Gasteiger partial charge in [0.25, 0.3) is 0 Å². The highest BCUT2D eigenvalue weighted by Crippen LogP contribution is 2.31. The molecular weight excluding hydrogens is 243 g/mol. The molecule has 2 aromatic rings. The van der Waals surface area contributed by atoms with Crippen molar-refractivity contribution in [2.24, 2.45) is 0 Å². The third kappa shape index (κ3) is 3.12. The standard InChI is InChI=1S/C16H17FO2/c1-3-12-6-4-7-13(10-12)19-15-9-5-8-14(17)16(15)11(2)18/h4-11,18H,3H2,1-2H3/t11-/m1/s1. The number of ether oxygens (including phenoxy) is 1. The van der Waals surface area contributed by atoms with E-state index in [-0.39, 0.29) is 5.56 Å². The Morgan fingerprint density at radius 2 is 1.95 bits per heavy atom. The maximum atomic E-state index is 13.7. The van der Waals surface area contributed by atoms with E-state index >= 15 is 0 Å². The molecule has 0 unspecified atom stereocenters. The molecule has 100 valence electrons. The number of hydrogen-bond donors (Lipinski definition) is 1. The molecular formula is C16H17FO2. The van der Waals surface area contributed by atoms with Crippen molar-refractivity contribution in [2.45, 2.75) is 26.4 Å². The first-order chi connectivity index (χ1) is 9.11. The summed E-state index contributed by atoms with van der Waals surface area (Å²) in [5.41, 5.74) is 1.33. The molecule has 0 aliphatic rings. The molecule has 19 heavy (non-hydrogen) atoms. The zero-order valence-corrected chi connectivity index (χ0v) is 11.1. The molecule has 0 heterocycles. The molecule has 0 fully saturated rings. The van der Waals surface area contributed by atoms with Gasteiger partial charge in [-0.15, -0.1) is 0 Å². The molecule has 0 spiro atoms. The fraction of sp³-hybridized carbons (Fsp3) is 0.250. The predicted octanol–water partition coefficient (Wildman–Crippen LogP) is 4.23. The average molecular weight is 260 g/mol. The van der Waals surface area contributed by atoms with Crippen LogP contribution in [-0.4, -0.2) is 5.11 Å². The van der Waals surface area contributed by atoms with Gasteiger partial charge in [-0.25, -0.2) is 4.39 Å². The van der Waals surface area contributed by atoms with Crippen molar-refractivity contribution in [1.29, 1.82) is 0 Å².